The second-order valence-electron chi connectivity index (χ2n) is 4.55. The van der Waals surface area contributed by atoms with Gasteiger partial charge in [-0.15, -0.1) is 0 Å². The largest absolute Gasteiger partial charge is 0.386 e. The lowest BCUT2D eigenvalue weighted by Crippen LogP contribution is -2.41. The van der Waals surface area contributed by atoms with E-state index in [1.54, 1.807) is 18.2 Å². The molecule has 2 unspecified atom stereocenters. The highest BCUT2D eigenvalue weighted by Crippen LogP contribution is 2.29. The third-order valence-corrected chi connectivity index (χ3v) is 3.84. The zero-order valence-electron chi connectivity index (χ0n) is 10.3. The molecule has 0 bridgehead atoms. The molecule has 19 heavy (non-hydrogen) atoms. The van der Waals surface area contributed by atoms with Crippen LogP contribution in [0.1, 0.15) is 24.5 Å². The number of rotatable bonds is 4. The number of aliphatic hydroxyl groups excluding tert-OH is 1. The monoisotopic (exact) mass is 302 g/mol. The highest BCUT2D eigenvalue weighted by molar-refractivity contribution is 6.36. The van der Waals surface area contributed by atoms with E-state index in [1.165, 1.54) is 0 Å². The van der Waals surface area contributed by atoms with Gasteiger partial charge >= 0.3 is 0 Å². The van der Waals surface area contributed by atoms with E-state index >= 15 is 0 Å². The maximum atomic E-state index is 11.8. The average molecular weight is 303 g/mol. The molecule has 0 aliphatic carbocycles. The first-order valence-corrected chi connectivity index (χ1v) is 6.98. The maximum absolute atomic E-state index is 11.8. The molecular formula is C13H16Cl2N2O2. The summed E-state index contributed by atoms with van der Waals surface area (Å²) >= 11 is 12.0. The van der Waals surface area contributed by atoms with Gasteiger partial charge in [-0.3, -0.25) is 4.79 Å². The lowest BCUT2D eigenvalue weighted by molar-refractivity contribution is -0.123. The van der Waals surface area contributed by atoms with Crippen molar-refractivity contribution in [3.63, 3.8) is 0 Å². The Bertz CT molecular complexity index is 442. The number of amides is 1. The molecule has 0 spiro atoms. The van der Waals surface area contributed by atoms with E-state index in [2.05, 4.69) is 10.6 Å². The van der Waals surface area contributed by atoms with Crippen LogP contribution in [0.4, 0.5) is 0 Å². The zero-order chi connectivity index (χ0) is 13.8. The van der Waals surface area contributed by atoms with Crippen molar-refractivity contribution in [3.8, 4) is 0 Å². The first-order valence-electron chi connectivity index (χ1n) is 6.22. The van der Waals surface area contributed by atoms with Crippen molar-refractivity contribution < 1.29 is 9.90 Å². The summed E-state index contributed by atoms with van der Waals surface area (Å²) in [7, 11) is 0. The van der Waals surface area contributed by atoms with Gasteiger partial charge < -0.3 is 15.7 Å². The summed E-state index contributed by atoms with van der Waals surface area (Å²) in [6.07, 6.45) is 0.915. The second-order valence-corrected chi connectivity index (χ2v) is 5.36. The fourth-order valence-electron chi connectivity index (χ4n) is 2.16. The molecule has 1 saturated heterocycles. The second kappa shape index (κ2) is 6.57. The predicted molar refractivity (Wildman–Crippen MR) is 75.5 cm³/mol. The van der Waals surface area contributed by atoms with Gasteiger partial charge in [0.05, 0.1) is 12.1 Å². The predicted octanol–water partition coefficient (Wildman–Crippen LogP) is 1.89. The minimum atomic E-state index is -0.911. The molecule has 1 heterocycles. The minimum Gasteiger partial charge on any atom is -0.386 e. The van der Waals surface area contributed by atoms with Gasteiger partial charge in [0.1, 0.15) is 0 Å². The van der Waals surface area contributed by atoms with Crippen molar-refractivity contribution in [3.05, 3.63) is 33.8 Å². The first-order chi connectivity index (χ1) is 9.09. The summed E-state index contributed by atoms with van der Waals surface area (Å²) in [5.41, 5.74) is 0.450. The van der Waals surface area contributed by atoms with E-state index in [0.717, 1.165) is 19.4 Å². The Hall–Kier alpha value is -0.810. The molecule has 6 heteroatoms. The number of hydrogen-bond donors (Lipinski definition) is 3. The maximum Gasteiger partial charge on any atom is 0.237 e. The van der Waals surface area contributed by atoms with Crippen LogP contribution in [-0.2, 0) is 4.79 Å². The molecule has 0 radical (unpaired) electrons. The molecule has 2 atom stereocenters. The van der Waals surface area contributed by atoms with Gasteiger partial charge in [0.2, 0.25) is 5.91 Å². The van der Waals surface area contributed by atoms with Crippen molar-refractivity contribution in [1.82, 2.24) is 10.6 Å². The topological polar surface area (TPSA) is 61.4 Å². The van der Waals surface area contributed by atoms with Crippen LogP contribution in [0.15, 0.2) is 18.2 Å². The first kappa shape index (κ1) is 14.6. The van der Waals surface area contributed by atoms with Crippen LogP contribution in [0.25, 0.3) is 0 Å². The summed E-state index contributed by atoms with van der Waals surface area (Å²) in [6.45, 7) is 0.956. The molecule has 1 fully saturated rings. The number of benzene rings is 1. The molecule has 0 aromatic heterocycles. The number of nitrogens with one attached hydrogen (secondary N) is 2. The molecular weight excluding hydrogens is 287 g/mol. The zero-order valence-corrected chi connectivity index (χ0v) is 11.8. The van der Waals surface area contributed by atoms with Crippen molar-refractivity contribution >= 4 is 29.1 Å². The normalized spacial score (nSPS) is 20.3. The fourth-order valence-corrected chi connectivity index (χ4v) is 2.81. The molecule has 1 aliphatic heterocycles. The number of carbonyl (C=O) groups excluding carboxylic acids is 1. The summed E-state index contributed by atoms with van der Waals surface area (Å²) in [5, 5.41) is 16.7. The van der Waals surface area contributed by atoms with E-state index in [4.69, 9.17) is 23.2 Å². The number of hydrogen-bond acceptors (Lipinski definition) is 3. The summed E-state index contributed by atoms with van der Waals surface area (Å²) in [4.78, 5) is 11.8. The number of aliphatic hydroxyl groups is 1. The van der Waals surface area contributed by atoms with Crippen LogP contribution < -0.4 is 10.6 Å². The van der Waals surface area contributed by atoms with Crippen molar-refractivity contribution in [2.45, 2.75) is 25.0 Å². The van der Waals surface area contributed by atoms with Gasteiger partial charge in [-0.2, -0.15) is 0 Å². The van der Waals surface area contributed by atoms with Gasteiger partial charge in [0.25, 0.3) is 0 Å². The Morgan fingerprint density at radius 2 is 2.16 bits per heavy atom. The number of halogens is 2. The summed E-state index contributed by atoms with van der Waals surface area (Å²) in [5.74, 6) is -0.0975. The lowest BCUT2D eigenvalue weighted by atomic mass is 10.1. The number of carbonyl (C=O) groups is 1. The minimum absolute atomic E-state index is 0.0975. The van der Waals surface area contributed by atoms with Gasteiger partial charge in [-0.25, -0.2) is 0 Å². The van der Waals surface area contributed by atoms with Crippen LogP contribution in [-0.4, -0.2) is 30.1 Å². The van der Waals surface area contributed by atoms with Crippen LogP contribution in [0.2, 0.25) is 10.0 Å². The Morgan fingerprint density at radius 1 is 1.47 bits per heavy atom. The fraction of sp³-hybridized carbons (Fsp3) is 0.462. The van der Waals surface area contributed by atoms with Gasteiger partial charge in [-0.05, 0) is 31.5 Å². The Morgan fingerprint density at radius 3 is 2.74 bits per heavy atom. The van der Waals surface area contributed by atoms with E-state index < -0.39 is 6.10 Å². The van der Waals surface area contributed by atoms with Crippen LogP contribution in [0.5, 0.6) is 0 Å². The standard InChI is InChI=1S/C13H16Cl2N2O2/c14-8-3-1-4-9(15)12(8)11(18)7-17-13(19)10-5-2-6-16-10/h1,3-4,10-11,16,18H,2,5-7H2,(H,17,19). The molecule has 1 aliphatic rings. The van der Waals surface area contributed by atoms with E-state index in [1.807, 2.05) is 0 Å². The van der Waals surface area contributed by atoms with Gasteiger partial charge in [0.15, 0.2) is 0 Å². The van der Waals surface area contributed by atoms with Crippen LogP contribution in [0, 0.1) is 0 Å². The summed E-state index contributed by atoms with van der Waals surface area (Å²) < 4.78 is 0. The lowest BCUT2D eigenvalue weighted by Gasteiger charge is -2.17. The molecule has 2 rings (SSSR count). The van der Waals surface area contributed by atoms with Gasteiger partial charge in [-0.1, -0.05) is 29.3 Å². The molecule has 3 N–H and O–H groups in total. The molecule has 1 aromatic rings. The molecule has 1 amide bonds. The molecule has 0 saturated carbocycles. The smallest absolute Gasteiger partial charge is 0.237 e. The van der Waals surface area contributed by atoms with E-state index in [-0.39, 0.29) is 18.5 Å². The van der Waals surface area contributed by atoms with Crippen LogP contribution in [0.3, 0.4) is 0 Å². The Labute approximate surface area is 122 Å². The average Bonchev–Trinajstić information content (AvgIpc) is 2.89. The highest BCUT2D eigenvalue weighted by atomic mass is 35.5. The van der Waals surface area contributed by atoms with Crippen molar-refractivity contribution in [2.24, 2.45) is 0 Å². The highest BCUT2D eigenvalue weighted by Gasteiger charge is 2.23. The molecule has 104 valence electrons. The van der Waals surface area contributed by atoms with Crippen molar-refractivity contribution in [1.29, 1.82) is 0 Å². The Kier molecular flexibility index (Phi) is 5.05. The SMILES string of the molecule is O=C(NCC(O)c1c(Cl)cccc1Cl)C1CCCN1. The van der Waals surface area contributed by atoms with Gasteiger partial charge in [0, 0.05) is 22.2 Å². The van der Waals surface area contributed by atoms with E-state index in [9.17, 15) is 9.90 Å². The molecule has 1 aromatic carbocycles. The Balaban J connectivity index is 1.93. The van der Waals surface area contributed by atoms with Crippen molar-refractivity contribution in [2.75, 3.05) is 13.1 Å². The van der Waals surface area contributed by atoms with Crippen LogP contribution >= 0.6 is 23.2 Å². The molecule has 4 nitrogen and oxygen atoms in total. The summed E-state index contributed by atoms with van der Waals surface area (Å²) in [6, 6.07) is 4.87. The van der Waals surface area contributed by atoms with E-state index in [0.29, 0.717) is 15.6 Å². The third kappa shape index (κ3) is 3.60. The quantitative estimate of drug-likeness (QED) is 0.796. The third-order valence-electron chi connectivity index (χ3n) is 3.18.